The van der Waals surface area contributed by atoms with Gasteiger partial charge in [0.1, 0.15) is 10.7 Å². The Balaban J connectivity index is 1.44. The van der Waals surface area contributed by atoms with Crippen LogP contribution in [0.25, 0.3) is 5.69 Å². The van der Waals surface area contributed by atoms with Gasteiger partial charge in [-0.15, -0.1) is 11.3 Å². The summed E-state index contributed by atoms with van der Waals surface area (Å²) in [5.41, 5.74) is 2.83. The molecule has 0 radical (unpaired) electrons. The quantitative estimate of drug-likeness (QED) is 0.443. The van der Waals surface area contributed by atoms with Gasteiger partial charge in [0.2, 0.25) is 5.91 Å². The monoisotopic (exact) mass is 451 g/mol. The van der Waals surface area contributed by atoms with Gasteiger partial charge < -0.3 is 5.32 Å². The summed E-state index contributed by atoms with van der Waals surface area (Å²) in [4.78, 5) is 29.3. The maximum atomic E-state index is 12.8. The van der Waals surface area contributed by atoms with Crippen LogP contribution in [0.4, 0.5) is 10.8 Å². The van der Waals surface area contributed by atoms with E-state index in [0.717, 1.165) is 11.4 Å². The molecule has 2 heterocycles. The molecule has 2 amide bonds. The second kappa shape index (κ2) is 9.11. The number of benzene rings is 2. The van der Waals surface area contributed by atoms with E-state index in [1.54, 1.807) is 12.3 Å². The molecule has 0 bridgehead atoms. The van der Waals surface area contributed by atoms with E-state index < -0.39 is 5.91 Å². The summed E-state index contributed by atoms with van der Waals surface area (Å²) in [6.45, 7) is 1.72. The predicted molar refractivity (Wildman–Crippen MR) is 122 cm³/mol. The number of rotatable bonds is 6. The number of nitrogens with one attached hydrogen (secondary N) is 2. The van der Waals surface area contributed by atoms with Crippen molar-refractivity contribution in [2.45, 2.75) is 13.3 Å². The van der Waals surface area contributed by atoms with Crippen LogP contribution in [0.15, 0.2) is 66.0 Å². The fraction of sp³-hybridized carbons (Fsp3) is 0.0909. The number of hydrogen-bond acceptors (Lipinski definition) is 5. The summed E-state index contributed by atoms with van der Waals surface area (Å²) in [5, 5.41) is 12.3. The second-order valence-corrected chi connectivity index (χ2v) is 7.90. The standard InChI is InChI=1S/C22H18ClN5O2S/c1-14-19(20(23)28(27-14)17-10-6-3-7-11-17)21(30)26-22-25-16(13-31-22)12-18(29)24-15-8-4-2-5-9-15/h2-11,13H,12H2,1H3,(H,24,29)(H,25,26,30). The van der Waals surface area contributed by atoms with Gasteiger partial charge in [0, 0.05) is 11.1 Å². The third-order valence-electron chi connectivity index (χ3n) is 4.40. The van der Waals surface area contributed by atoms with Gasteiger partial charge >= 0.3 is 0 Å². The zero-order chi connectivity index (χ0) is 21.8. The summed E-state index contributed by atoms with van der Waals surface area (Å²) in [7, 11) is 0. The van der Waals surface area contributed by atoms with E-state index in [1.165, 1.54) is 16.0 Å². The van der Waals surface area contributed by atoms with Crippen LogP contribution >= 0.6 is 22.9 Å². The molecule has 9 heteroatoms. The van der Waals surface area contributed by atoms with E-state index >= 15 is 0 Å². The fourth-order valence-corrected chi connectivity index (χ4v) is 4.06. The molecule has 4 rings (SSSR count). The average Bonchev–Trinajstić information content (AvgIpc) is 3.32. The number of carbonyl (C=O) groups is 2. The summed E-state index contributed by atoms with van der Waals surface area (Å²) in [6.07, 6.45) is 0.104. The minimum atomic E-state index is -0.403. The maximum Gasteiger partial charge on any atom is 0.262 e. The molecule has 0 saturated carbocycles. The van der Waals surface area contributed by atoms with Crippen molar-refractivity contribution in [2.24, 2.45) is 0 Å². The molecular weight excluding hydrogens is 434 g/mol. The Bertz CT molecular complexity index is 1220. The topological polar surface area (TPSA) is 88.9 Å². The van der Waals surface area contributed by atoms with E-state index in [9.17, 15) is 9.59 Å². The van der Waals surface area contributed by atoms with Crippen LogP contribution in [0.5, 0.6) is 0 Å². The van der Waals surface area contributed by atoms with E-state index in [4.69, 9.17) is 11.6 Å². The lowest BCUT2D eigenvalue weighted by Gasteiger charge is -2.04. The first-order valence-corrected chi connectivity index (χ1v) is 10.7. The number of amides is 2. The van der Waals surface area contributed by atoms with Gasteiger partial charge in [-0.1, -0.05) is 48.0 Å². The van der Waals surface area contributed by atoms with E-state index in [0.29, 0.717) is 16.5 Å². The number of aryl methyl sites for hydroxylation is 1. The first kappa shape index (κ1) is 20.8. The molecule has 7 nitrogen and oxygen atoms in total. The van der Waals surface area contributed by atoms with Gasteiger partial charge in [0.05, 0.1) is 23.5 Å². The normalized spacial score (nSPS) is 10.6. The minimum Gasteiger partial charge on any atom is -0.326 e. The van der Waals surface area contributed by atoms with Crippen molar-refractivity contribution in [2.75, 3.05) is 10.6 Å². The molecule has 0 aliphatic carbocycles. The summed E-state index contributed by atoms with van der Waals surface area (Å²) in [6, 6.07) is 18.5. The predicted octanol–water partition coefficient (Wildman–Crippen LogP) is 4.72. The van der Waals surface area contributed by atoms with Crippen LogP contribution in [0, 0.1) is 6.92 Å². The Morgan fingerprint density at radius 3 is 2.42 bits per heavy atom. The molecule has 0 aliphatic rings. The maximum absolute atomic E-state index is 12.8. The van der Waals surface area contributed by atoms with Crippen LogP contribution in [0.1, 0.15) is 21.7 Å². The van der Waals surface area contributed by atoms with Gasteiger partial charge in [0.25, 0.3) is 5.91 Å². The average molecular weight is 452 g/mol. The SMILES string of the molecule is Cc1nn(-c2ccccc2)c(Cl)c1C(=O)Nc1nc(CC(=O)Nc2ccccc2)cs1. The van der Waals surface area contributed by atoms with E-state index in [2.05, 4.69) is 20.7 Å². The Hall–Kier alpha value is -3.49. The third kappa shape index (κ3) is 4.82. The number of carbonyl (C=O) groups excluding carboxylic acids is 2. The molecular formula is C22H18ClN5O2S. The number of para-hydroxylation sites is 2. The van der Waals surface area contributed by atoms with Crippen LogP contribution in [0.2, 0.25) is 5.15 Å². The first-order chi connectivity index (χ1) is 15.0. The lowest BCUT2D eigenvalue weighted by molar-refractivity contribution is -0.115. The van der Waals surface area contributed by atoms with Crippen LogP contribution in [0.3, 0.4) is 0 Å². The molecule has 0 saturated heterocycles. The van der Waals surface area contributed by atoms with E-state index in [1.807, 2.05) is 60.7 Å². The highest BCUT2D eigenvalue weighted by Gasteiger charge is 2.22. The van der Waals surface area contributed by atoms with Gasteiger partial charge in [-0.3, -0.25) is 14.9 Å². The van der Waals surface area contributed by atoms with Crippen LogP contribution in [-0.2, 0) is 11.2 Å². The van der Waals surface area contributed by atoms with Crippen molar-refractivity contribution in [3.8, 4) is 5.69 Å². The van der Waals surface area contributed by atoms with Crippen molar-refractivity contribution < 1.29 is 9.59 Å². The van der Waals surface area contributed by atoms with Gasteiger partial charge in [-0.05, 0) is 31.2 Å². The number of aromatic nitrogens is 3. The lowest BCUT2D eigenvalue weighted by atomic mass is 10.2. The highest BCUT2D eigenvalue weighted by atomic mass is 35.5. The van der Waals surface area contributed by atoms with Crippen LogP contribution < -0.4 is 10.6 Å². The lowest BCUT2D eigenvalue weighted by Crippen LogP contribution is -2.15. The number of thiazole rings is 1. The summed E-state index contributed by atoms with van der Waals surface area (Å²) < 4.78 is 1.52. The van der Waals surface area contributed by atoms with Crippen molar-refractivity contribution >= 4 is 45.6 Å². The zero-order valence-electron chi connectivity index (χ0n) is 16.5. The molecule has 0 aliphatic heterocycles. The second-order valence-electron chi connectivity index (χ2n) is 6.69. The number of anilines is 2. The molecule has 0 atom stereocenters. The fourth-order valence-electron chi connectivity index (χ4n) is 2.99. The molecule has 2 aromatic heterocycles. The zero-order valence-corrected chi connectivity index (χ0v) is 18.1. The Kier molecular flexibility index (Phi) is 6.11. The molecule has 156 valence electrons. The number of hydrogen-bond donors (Lipinski definition) is 2. The van der Waals surface area contributed by atoms with Gasteiger partial charge in [0.15, 0.2) is 5.13 Å². The molecule has 4 aromatic rings. The third-order valence-corrected chi connectivity index (χ3v) is 5.56. The highest BCUT2D eigenvalue weighted by molar-refractivity contribution is 7.14. The number of halogens is 1. The molecule has 0 fully saturated rings. The van der Waals surface area contributed by atoms with Gasteiger partial charge in [-0.25, -0.2) is 9.67 Å². The Labute approximate surface area is 187 Å². The van der Waals surface area contributed by atoms with Gasteiger partial charge in [-0.2, -0.15) is 5.10 Å². The molecule has 0 unspecified atom stereocenters. The van der Waals surface area contributed by atoms with Crippen molar-refractivity contribution in [1.29, 1.82) is 0 Å². The first-order valence-electron chi connectivity index (χ1n) is 9.42. The Morgan fingerprint density at radius 2 is 1.71 bits per heavy atom. The summed E-state index contributed by atoms with van der Waals surface area (Å²) in [5.74, 6) is -0.586. The van der Waals surface area contributed by atoms with Crippen molar-refractivity contribution in [1.82, 2.24) is 14.8 Å². The van der Waals surface area contributed by atoms with Crippen molar-refractivity contribution in [3.05, 3.63) is 88.1 Å². The molecule has 0 spiro atoms. The van der Waals surface area contributed by atoms with Crippen molar-refractivity contribution in [3.63, 3.8) is 0 Å². The van der Waals surface area contributed by atoms with E-state index in [-0.39, 0.29) is 23.0 Å². The highest BCUT2D eigenvalue weighted by Crippen LogP contribution is 2.25. The molecule has 31 heavy (non-hydrogen) atoms. The number of nitrogens with zero attached hydrogens (tertiary/aromatic N) is 3. The molecule has 2 aromatic carbocycles. The Morgan fingerprint density at radius 1 is 1.03 bits per heavy atom. The summed E-state index contributed by atoms with van der Waals surface area (Å²) >= 11 is 7.69. The largest absolute Gasteiger partial charge is 0.326 e. The molecule has 2 N–H and O–H groups in total. The van der Waals surface area contributed by atoms with Crippen LogP contribution in [-0.4, -0.2) is 26.6 Å². The minimum absolute atomic E-state index is 0.104. The smallest absolute Gasteiger partial charge is 0.262 e.